The fourth-order valence-electron chi connectivity index (χ4n) is 4.13. The smallest absolute Gasteiger partial charge is 0.337 e. The second kappa shape index (κ2) is 10.1. The number of amides is 1. The Morgan fingerprint density at radius 1 is 1.03 bits per heavy atom. The molecule has 3 aromatic rings. The third kappa shape index (κ3) is 4.66. The van der Waals surface area contributed by atoms with Crippen molar-refractivity contribution in [2.45, 2.75) is 6.92 Å². The summed E-state index contributed by atoms with van der Waals surface area (Å²) in [7, 11) is 2.89. The summed E-state index contributed by atoms with van der Waals surface area (Å²) < 4.78 is 16.1. The van der Waals surface area contributed by atoms with Crippen LogP contribution in [0.15, 0.2) is 42.6 Å². The van der Waals surface area contributed by atoms with Crippen molar-refractivity contribution in [2.75, 3.05) is 45.5 Å². The van der Waals surface area contributed by atoms with Gasteiger partial charge in [-0.1, -0.05) is 12.1 Å². The molecule has 182 valence electrons. The number of carboxylic acids is 1. The molecular formula is C25H25N3O7. The van der Waals surface area contributed by atoms with Crippen LogP contribution in [0.5, 0.6) is 11.5 Å². The summed E-state index contributed by atoms with van der Waals surface area (Å²) >= 11 is 0. The molecule has 0 spiro atoms. The van der Waals surface area contributed by atoms with Gasteiger partial charge in [0.1, 0.15) is 5.69 Å². The average Bonchev–Trinajstić information content (AvgIpc) is 2.87. The number of hydrazine groups is 1. The number of carbonyl (C=O) groups excluding carboxylic acids is 2. The van der Waals surface area contributed by atoms with Crippen molar-refractivity contribution < 1.29 is 33.7 Å². The van der Waals surface area contributed by atoms with Gasteiger partial charge in [0.25, 0.3) is 0 Å². The Kier molecular flexibility index (Phi) is 6.94. The van der Waals surface area contributed by atoms with E-state index in [2.05, 4.69) is 4.98 Å². The largest absolute Gasteiger partial charge is 0.493 e. The zero-order valence-corrected chi connectivity index (χ0v) is 19.6. The van der Waals surface area contributed by atoms with E-state index in [0.717, 1.165) is 6.20 Å². The molecule has 0 unspecified atom stereocenters. The molecule has 1 fully saturated rings. The topological polar surface area (TPSA) is 119 Å². The van der Waals surface area contributed by atoms with E-state index in [1.807, 2.05) is 5.01 Å². The number of hydrogen-bond donors (Lipinski definition) is 1. The predicted octanol–water partition coefficient (Wildman–Crippen LogP) is 2.78. The second-order valence-corrected chi connectivity index (χ2v) is 7.85. The van der Waals surface area contributed by atoms with Gasteiger partial charge in [0, 0.05) is 42.5 Å². The lowest BCUT2D eigenvalue weighted by Crippen LogP contribution is -2.51. The van der Waals surface area contributed by atoms with Gasteiger partial charge in [-0.25, -0.2) is 14.8 Å². The minimum Gasteiger partial charge on any atom is -0.493 e. The summed E-state index contributed by atoms with van der Waals surface area (Å²) in [6.45, 7) is 3.55. The van der Waals surface area contributed by atoms with Crippen molar-refractivity contribution in [3.05, 3.63) is 59.4 Å². The molecule has 2 aromatic carbocycles. The number of carbonyl (C=O) groups is 3. The van der Waals surface area contributed by atoms with Crippen molar-refractivity contribution in [3.63, 3.8) is 0 Å². The van der Waals surface area contributed by atoms with Crippen LogP contribution in [0.25, 0.3) is 10.8 Å². The van der Waals surface area contributed by atoms with Gasteiger partial charge < -0.3 is 19.3 Å². The first kappa shape index (κ1) is 24.1. The second-order valence-electron chi connectivity index (χ2n) is 7.85. The molecule has 1 aromatic heterocycles. The lowest BCUT2D eigenvalue weighted by atomic mass is 9.98. The molecule has 1 saturated heterocycles. The van der Waals surface area contributed by atoms with Gasteiger partial charge in [-0.05, 0) is 24.3 Å². The number of aromatic nitrogens is 1. The molecular weight excluding hydrogens is 454 g/mol. The van der Waals surface area contributed by atoms with Crippen molar-refractivity contribution in [3.8, 4) is 11.5 Å². The molecule has 2 heterocycles. The highest BCUT2D eigenvalue weighted by atomic mass is 16.5. The Labute approximate surface area is 201 Å². The number of morpholine rings is 1. The number of carboxylic acid groups (broad SMARTS) is 1. The molecule has 1 amide bonds. The lowest BCUT2D eigenvalue weighted by molar-refractivity contribution is -0.120. The van der Waals surface area contributed by atoms with Crippen LogP contribution in [-0.4, -0.2) is 73.3 Å². The van der Waals surface area contributed by atoms with Gasteiger partial charge in [-0.15, -0.1) is 0 Å². The number of fused-ring (bicyclic) bond motifs is 1. The molecule has 1 aliphatic rings. The Morgan fingerprint density at radius 2 is 1.69 bits per heavy atom. The number of hydrogen-bond acceptors (Lipinski definition) is 8. The number of benzene rings is 2. The Bertz CT molecular complexity index is 1300. The minimum absolute atomic E-state index is 0.0591. The van der Waals surface area contributed by atoms with E-state index < -0.39 is 11.8 Å². The first-order chi connectivity index (χ1) is 16.8. The maximum Gasteiger partial charge on any atom is 0.337 e. The highest BCUT2D eigenvalue weighted by molar-refractivity contribution is 6.18. The van der Waals surface area contributed by atoms with E-state index in [1.54, 1.807) is 30.3 Å². The van der Waals surface area contributed by atoms with Crippen LogP contribution in [0.4, 0.5) is 5.69 Å². The maximum atomic E-state index is 13.6. The highest BCUT2D eigenvalue weighted by Crippen LogP contribution is 2.35. The lowest BCUT2D eigenvalue weighted by Gasteiger charge is -2.36. The fraction of sp³-hybridized carbons (Fsp3) is 0.280. The van der Waals surface area contributed by atoms with Gasteiger partial charge in [0.2, 0.25) is 11.7 Å². The van der Waals surface area contributed by atoms with Gasteiger partial charge in [-0.3, -0.25) is 14.6 Å². The van der Waals surface area contributed by atoms with Crippen LogP contribution < -0.4 is 14.5 Å². The van der Waals surface area contributed by atoms with Crippen LogP contribution >= 0.6 is 0 Å². The van der Waals surface area contributed by atoms with Gasteiger partial charge >= 0.3 is 5.97 Å². The van der Waals surface area contributed by atoms with E-state index in [1.165, 1.54) is 32.2 Å². The normalized spacial score (nSPS) is 13.9. The molecule has 0 aliphatic carbocycles. The summed E-state index contributed by atoms with van der Waals surface area (Å²) in [5, 5.41) is 13.7. The van der Waals surface area contributed by atoms with Crippen molar-refractivity contribution in [1.29, 1.82) is 0 Å². The van der Waals surface area contributed by atoms with Crippen LogP contribution in [0, 0.1) is 0 Å². The van der Waals surface area contributed by atoms with E-state index >= 15 is 0 Å². The number of anilines is 1. The molecule has 1 N–H and O–H groups in total. The summed E-state index contributed by atoms with van der Waals surface area (Å²) in [6, 6.07) is 9.75. The number of nitrogens with zero attached hydrogens (tertiary/aromatic N) is 3. The van der Waals surface area contributed by atoms with Crippen molar-refractivity contribution in [2.24, 2.45) is 0 Å². The minimum atomic E-state index is -1.18. The van der Waals surface area contributed by atoms with Crippen LogP contribution in [-0.2, 0) is 9.53 Å². The molecule has 0 radical (unpaired) electrons. The van der Waals surface area contributed by atoms with Gasteiger partial charge in [0.05, 0.1) is 38.7 Å². The quantitative estimate of drug-likeness (QED) is 0.510. The first-order valence-corrected chi connectivity index (χ1v) is 10.9. The zero-order valence-electron chi connectivity index (χ0n) is 19.6. The molecule has 0 saturated carbocycles. The summed E-state index contributed by atoms with van der Waals surface area (Å²) in [6.07, 6.45) is 1.16. The first-order valence-electron chi connectivity index (χ1n) is 10.9. The van der Waals surface area contributed by atoms with Gasteiger partial charge in [0.15, 0.2) is 11.5 Å². The Hall–Kier alpha value is -4.02. The highest BCUT2D eigenvalue weighted by Gasteiger charge is 2.25. The number of methoxy groups -OCH3 is 2. The van der Waals surface area contributed by atoms with E-state index in [-0.39, 0.29) is 17.2 Å². The molecule has 10 nitrogen and oxygen atoms in total. The monoisotopic (exact) mass is 479 g/mol. The van der Waals surface area contributed by atoms with Gasteiger partial charge in [-0.2, -0.15) is 0 Å². The van der Waals surface area contributed by atoms with Crippen molar-refractivity contribution >= 4 is 34.1 Å². The third-order valence-corrected chi connectivity index (χ3v) is 5.76. The predicted molar refractivity (Wildman–Crippen MR) is 127 cm³/mol. The zero-order chi connectivity index (χ0) is 25.1. The molecule has 4 rings (SSSR count). The number of rotatable bonds is 7. The van der Waals surface area contributed by atoms with Crippen LogP contribution in [0.1, 0.15) is 33.3 Å². The Balaban J connectivity index is 1.81. The number of ether oxygens (including phenoxy) is 3. The number of aromatic carboxylic acids is 1. The summed E-state index contributed by atoms with van der Waals surface area (Å²) in [5.41, 5.74) is 0.829. The Morgan fingerprint density at radius 3 is 2.29 bits per heavy atom. The number of ketones is 1. The molecule has 0 atom stereocenters. The van der Waals surface area contributed by atoms with E-state index in [4.69, 9.17) is 14.2 Å². The molecule has 1 aliphatic heterocycles. The molecule has 35 heavy (non-hydrogen) atoms. The van der Waals surface area contributed by atoms with E-state index in [0.29, 0.717) is 59.8 Å². The SMILES string of the molecule is COc1cc2c(C(=O)O)cnc(C(=O)c3cccc(N(C(C)=O)N4CCOCC4)c3)c2cc1OC. The molecule has 0 bridgehead atoms. The maximum absolute atomic E-state index is 13.6. The third-order valence-electron chi connectivity index (χ3n) is 5.76. The fourth-order valence-corrected chi connectivity index (χ4v) is 4.13. The van der Waals surface area contributed by atoms with Crippen LogP contribution in [0.3, 0.4) is 0 Å². The van der Waals surface area contributed by atoms with Crippen LogP contribution in [0.2, 0.25) is 0 Å². The van der Waals surface area contributed by atoms with Crippen molar-refractivity contribution in [1.82, 2.24) is 9.99 Å². The standard InChI is InChI=1S/C25H25N3O7/c1-15(29)28(27-7-9-35-10-8-27)17-6-4-5-16(11-17)24(30)23-19-13-22(34-3)21(33-2)12-18(19)20(14-26-23)25(31)32/h4-6,11-14H,7-10H2,1-3H3,(H,31,32). The molecule has 10 heteroatoms. The average molecular weight is 479 g/mol. The van der Waals surface area contributed by atoms with E-state index in [9.17, 15) is 19.5 Å². The summed E-state index contributed by atoms with van der Waals surface area (Å²) in [5.74, 6) is -1.13. The summed E-state index contributed by atoms with van der Waals surface area (Å²) in [4.78, 5) is 42.1. The number of pyridine rings is 1.